The van der Waals surface area contributed by atoms with E-state index in [9.17, 15) is 4.79 Å². The summed E-state index contributed by atoms with van der Waals surface area (Å²) in [5.41, 5.74) is 1.88. The standard InChI is InChI=1S/C15H13NO2S/c17-15(11-4-2-1-3-5-11)16-9-13-8-12-6-7-18-10-14(12)19-13/h1-8H,9-10H2,(H,16,17). The van der Waals surface area contributed by atoms with E-state index >= 15 is 0 Å². The fourth-order valence-electron chi connectivity index (χ4n) is 1.95. The molecule has 1 aromatic heterocycles. The van der Waals surface area contributed by atoms with Crippen molar-refractivity contribution in [1.82, 2.24) is 5.32 Å². The van der Waals surface area contributed by atoms with Gasteiger partial charge in [0.15, 0.2) is 0 Å². The first kappa shape index (κ1) is 12.0. The Morgan fingerprint density at radius 1 is 1.32 bits per heavy atom. The molecule has 0 aliphatic carbocycles. The normalized spacial score (nSPS) is 12.6. The summed E-state index contributed by atoms with van der Waals surface area (Å²) in [5.74, 6) is -0.0428. The Hall–Kier alpha value is -2.07. The second-order valence-electron chi connectivity index (χ2n) is 4.25. The van der Waals surface area contributed by atoms with E-state index < -0.39 is 0 Å². The first-order valence-electron chi connectivity index (χ1n) is 6.06. The molecular formula is C15H13NO2S. The first-order valence-corrected chi connectivity index (χ1v) is 6.87. The summed E-state index contributed by atoms with van der Waals surface area (Å²) in [5, 5.41) is 2.93. The molecule has 1 aliphatic heterocycles. The average molecular weight is 271 g/mol. The third kappa shape index (κ3) is 2.69. The quantitative estimate of drug-likeness (QED) is 0.931. The molecule has 3 rings (SSSR count). The number of nitrogens with one attached hydrogen (secondary N) is 1. The van der Waals surface area contributed by atoms with Crippen LogP contribution in [0.2, 0.25) is 0 Å². The van der Waals surface area contributed by atoms with Crippen molar-refractivity contribution in [2.75, 3.05) is 0 Å². The number of thiophene rings is 1. The zero-order valence-electron chi connectivity index (χ0n) is 10.3. The summed E-state index contributed by atoms with van der Waals surface area (Å²) >= 11 is 1.68. The van der Waals surface area contributed by atoms with Crippen molar-refractivity contribution < 1.29 is 9.53 Å². The van der Waals surface area contributed by atoms with Gasteiger partial charge in [0.25, 0.3) is 5.91 Å². The van der Waals surface area contributed by atoms with E-state index in [0.29, 0.717) is 18.7 Å². The van der Waals surface area contributed by atoms with Gasteiger partial charge in [-0.2, -0.15) is 0 Å². The van der Waals surface area contributed by atoms with Crippen LogP contribution in [0.4, 0.5) is 0 Å². The lowest BCUT2D eigenvalue weighted by Gasteiger charge is -2.04. The van der Waals surface area contributed by atoms with E-state index in [4.69, 9.17) is 4.74 Å². The molecular weight excluding hydrogens is 258 g/mol. The minimum absolute atomic E-state index is 0.0428. The minimum atomic E-state index is -0.0428. The van der Waals surface area contributed by atoms with Crippen LogP contribution in [-0.4, -0.2) is 5.91 Å². The molecule has 0 spiro atoms. The molecule has 2 aromatic rings. The maximum absolute atomic E-state index is 11.9. The largest absolute Gasteiger partial charge is 0.496 e. The summed E-state index contributed by atoms with van der Waals surface area (Å²) in [6, 6.07) is 11.3. The van der Waals surface area contributed by atoms with Crippen LogP contribution in [0, 0.1) is 0 Å². The maximum atomic E-state index is 11.9. The Bertz CT molecular complexity index is 616. The Balaban J connectivity index is 1.65. The van der Waals surface area contributed by atoms with Crippen LogP contribution < -0.4 is 5.32 Å². The van der Waals surface area contributed by atoms with Crippen molar-refractivity contribution in [3.63, 3.8) is 0 Å². The molecule has 0 bridgehead atoms. The van der Waals surface area contributed by atoms with Gasteiger partial charge in [-0.05, 0) is 29.8 Å². The van der Waals surface area contributed by atoms with Crippen LogP contribution in [0.3, 0.4) is 0 Å². The molecule has 0 saturated heterocycles. The third-order valence-electron chi connectivity index (χ3n) is 2.91. The molecule has 4 heteroatoms. The lowest BCUT2D eigenvalue weighted by molar-refractivity contribution is 0.0951. The second-order valence-corrected chi connectivity index (χ2v) is 5.47. The number of fused-ring (bicyclic) bond motifs is 1. The van der Waals surface area contributed by atoms with Gasteiger partial charge in [-0.25, -0.2) is 0 Å². The number of carbonyl (C=O) groups is 1. The van der Waals surface area contributed by atoms with Gasteiger partial charge in [-0.3, -0.25) is 4.79 Å². The topological polar surface area (TPSA) is 38.3 Å². The van der Waals surface area contributed by atoms with Gasteiger partial charge in [-0.15, -0.1) is 11.3 Å². The van der Waals surface area contributed by atoms with E-state index in [2.05, 4.69) is 11.4 Å². The van der Waals surface area contributed by atoms with E-state index in [-0.39, 0.29) is 5.91 Å². The van der Waals surface area contributed by atoms with E-state index in [1.807, 2.05) is 36.4 Å². The van der Waals surface area contributed by atoms with Crippen LogP contribution >= 0.6 is 11.3 Å². The lowest BCUT2D eigenvalue weighted by Crippen LogP contribution is -2.22. The summed E-state index contributed by atoms with van der Waals surface area (Å²) < 4.78 is 5.25. The Morgan fingerprint density at radius 2 is 2.16 bits per heavy atom. The van der Waals surface area contributed by atoms with Crippen LogP contribution in [0.25, 0.3) is 6.08 Å². The molecule has 0 fully saturated rings. The number of rotatable bonds is 3. The number of carbonyl (C=O) groups excluding carboxylic acids is 1. The highest BCUT2D eigenvalue weighted by Crippen LogP contribution is 2.27. The van der Waals surface area contributed by atoms with Crippen molar-refractivity contribution in [2.45, 2.75) is 13.2 Å². The monoisotopic (exact) mass is 271 g/mol. The molecule has 0 saturated carbocycles. The number of hydrogen-bond donors (Lipinski definition) is 1. The number of benzene rings is 1. The zero-order chi connectivity index (χ0) is 13.1. The molecule has 0 unspecified atom stereocenters. The summed E-state index contributed by atoms with van der Waals surface area (Å²) in [7, 11) is 0. The van der Waals surface area contributed by atoms with Crippen molar-refractivity contribution in [3.8, 4) is 0 Å². The molecule has 3 nitrogen and oxygen atoms in total. The number of ether oxygens (including phenoxy) is 1. The summed E-state index contributed by atoms with van der Waals surface area (Å²) in [6.07, 6.45) is 3.67. The fraction of sp³-hybridized carbons (Fsp3) is 0.133. The lowest BCUT2D eigenvalue weighted by atomic mass is 10.2. The molecule has 2 heterocycles. The summed E-state index contributed by atoms with van der Waals surface area (Å²) in [6.45, 7) is 1.18. The Kier molecular flexibility index (Phi) is 3.33. The van der Waals surface area contributed by atoms with Crippen molar-refractivity contribution in [2.24, 2.45) is 0 Å². The van der Waals surface area contributed by atoms with Crippen LogP contribution in [0.1, 0.15) is 25.7 Å². The van der Waals surface area contributed by atoms with Crippen molar-refractivity contribution >= 4 is 23.3 Å². The molecule has 1 aliphatic rings. The maximum Gasteiger partial charge on any atom is 0.251 e. The Morgan fingerprint density at radius 3 is 2.95 bits per heavy atom. The molecule has 0 radical (unpaired) electrons. The van der Waals surface area contributed by atoms with Gasteiger partial charge in [0.2, 0.25) is 0 Å². The molecule has 1 amide bonds. The fourth-order valence-corrected chi connectivity index (χ4v) is 2.96. The second kappa shape index (κ2) is 5.28. The van der Waals surface area contributed by atoms with Gasteiger partial charge in [0.1, 0.15) is 6.61 Å². The van der Waals surface area contributed by atoms with Gasteiger partial charge >= 0.3 is 0 Å². The minimum Gasteiger partial charge on any atom is -0.496 e. The van der Waals surface area contributed by atoms with Crippen LogP contribution in [0.15, 0.2) is 42.7 Å². The predicted octanol–water partition coefficient (Wildman–Crippen LogP) is 3.18. The van der Waals surface area contributed by atoms with Crippen molar-refractivity contribution in [1.29, 1.82) is 0 Å². The van der Waals surface area contributed by atoms with Gasteiger partial charge in [0.05, 0.1) is 12.8 Å². The molecule has 96 valence electrons. The third-order valence-corrected chi connectivity index (χ3v) is 4.03. The molecule has 0 atom stereocenters. The number of hydrogen-bond acceptors (Lipinski definition) is 3. The predicted molar refractivity (Wildman–Crippen MR) is 75.8 cm³/mol. The molecule has 1 N–H and O–H groups in total. The van der Waals surface area contributed by atoms with E-state index in [1.54, 1.807) is 17.6 Å². The SMILES string of the molecule is O=C(NCc1cc2c(s1)COC=C2)c1ccccc1. The van der Waals surface area contributed by atoms with Gasteiger partial charge < -0.3 is 10.1 Å². The van der Waals surface area contributed by atoms with Crippen molar-refractivity contribution in [3.05, 3.63) is 63.5 Å². The van der Waals surface area contributed by atoms with Gasteiger partial charge in [0, 0.05) is 15.3 Å². The van der Waals surface area contributed by atoms with Gasteiger partial charge in [-0.1, -0.05) is 18.2 Å². The smallest absolute Gasteiger partial charge is 0.251 e. The van der Waals surface area contributed by atoms with E-state index in [1.165, 1.54) is 10.4 Å². The first-order chi connectivity index (χ1) is 9.33. The molecule has 19 heavy (non-hydrogen) atoms. The van der Waals surface area contributed by atoms with E-state index in [0.717, 1.165) is 4.88 Å². The molecule has 1 aromatic carbocycles. The zero-order valence-corrected chi connectivity index (χ0v) is 11.1. The highest BCUT2D eigenvalue weighted by molar-refractivity contribution is 7.12. The number of amides is 1. The van der Waals surface area contributed by atoms with Crippen LogP contribution in [0.5, 0.6) is 0 Å². The highest BCUT2D eigenvalue weighted by atomic mass is 32.1. The summed E-state index contributed by atoms with van der Waals surface area (Å²) in [4.78, 5) is 14.3. The highest BCUT2D eigenvalue weighted by Gasteiger charge is 2.11. The average Bonchev–Trinajstić information content (AvgIpc) is 2.88. The van der Waals surface area contributed by atoms with Crippen LogP contribution in [-0.2, 0) is 17.9 Å². The Labute approximate surface area is 115 Å².